The third kappa shape index (κ3) is 8.63. The molecule has 0 saturated carbocycles. The van der Waals surface area contributed by atoms with E-state index in [4.69, 9.17) is 9.47 Å². The van der Waals surface area contributed by atoms with E-state index in [1.807, 2.05) is 41.5 Å². The van der Waals surface area contributed by atoms with Crippen molar-refractivity contribution in [2.75, 3.05) is 13.2 Å². The lowest BCUT2D eigenvalue weighted by Gasteiger charge is -2.24. The number of rotatable bonds is 10. The Bertz CT molecular complexity index is 703. The smallest absolute Gasteiger partial charge is 0.338 e. The Morgan fingerprint density at radius 3 is 1.27 bits per heavy atom. The topological polar surface area (TPSA) is 111 Å². The molecule has 2 N–H and O–H groups in total. The Labute approximate surface area is 177 Å². The maximum atomic E-state index is 12.1. The number of hydrogen-bond donors (Lipinski definition) is 2. The molecule has 0 unspecified atom stereocenters. The molecule has 1 rings (SSSR count). The van der Waals surface area contributed by atoms with E-state index in [-0.39, 0.29) is 34.0 Å². The van der Waals surface area contributed by atoms with Gasteiger partial charge in [0.2, 0.25) is 0 Å². The van der Waals surface area contributed by atoms with Crippen LogP contribution in [-0.4, -0.2) is 48.0 Å². The Balaban J connectivity index is 2.54. The molecular weight excluding hydrogens is 388 g/mol. The fourth-order valence-electron chi connectivity index (χ4n) is 2.18. The quantitative estimate of drug-likeness (QED) is 0.563. The van der Waals surface area contributed by atoms with Gasteiger partial charge in [-0.1, -0.05) is 13.8 Å². The van der Waals surface area contributed by atoms with Gasteiger partial charge in [-0.25, -0.2) is 9.59 Å². The van der Waals surface area contributed by atoms with E-state index in [1.54, 1.807) is 0 Å². The molecule has 0 aliphatic rings. The highest BCUT2D eigenvalue weighted by atomic mass is 16.5. The predicted octanol–water partition coefficient (Wildman–Crippen LogP) is 2.61. The lowest BCUT2D eigenvalue weighted by Crippen LogP contribution is -2.44. The maximum Gasteiger partial charge on any atom is 0.338 e. The number of hydrogen-bond acceptors (Lipinski definition) is 6. The second kappa shape index (κ2) is 10.8. The van der Waals surface area contributed by atoms with Crippen molar-refractivity contribution in [2.45, 2.75) is 65.5 Å². The fraction of sp³-hybridized carbons (Fsp3) is 0.545. The first-order valence-corrected chi connectivity index (χ1v) is 9.95. The van der Waals surface area contributed by atoms with Crippen LogP contribution >= 0.6 is 0 Å². The summed E-state index contributed by atoms with van der Waals surface area (Å²) in [6.45, 7) is 10.6. The van der Waals surface area contributed by atoms with Crippen LogP contribution in [0.3, 0.4) is 0 Å². The molecule has 0 bridgehead atoms. The standard InChI is InChI=1S/C22H32N2O6/c1-7-21(3,4)23-17(25)13-29-19(27)15-9-11-16(12-10-15)20(28)30-14-18(26)24-22(5,6)8-2/h9-12H,7-8,13-14H2,1-6H3,(H,23,25)(H,24,26). The van der Waals surface area contributed by atoms with Crippen LogP contribution < -0.4 is 10.6 Å². The van der Waals surface area contributed by atoms with Gasteiger partial charge < -0.3 is 20.1 Å². The van der Waals surface area contributed by atoms with Crippen LogP contribution in [0, 0.1) is 0 Å². The zero-order valence-electron chi connectivity index (χ0n) is 18.6. The Morgan fingerprint density at radius 1 is 0.700 bits per heavy atom. The minimum absolute atomic E-state index is 0.191. The zero-order valence-corrected chi connectivity index (χ0v) is 18.6. The van der Waals surface area contributed by atoms with Crippen LogP contribution in [0.15, 0.2) is 24.3 Å². The van der Waals surface area contributed by atoms with Gasteiger partial charge in [-0.15, -0.1) is 0 Å². The van der Waals surface area contributed by atoms with Crippen molar-refractivity contribution in [3.8, 4) is 0 Å². The van der Waals surface area contributed by atoms with Gasteiger partial charge in [0.05, 0.1) is 11.1 Å². The van der Waals surface area contributed by atoms with Gasteiger partial charge in [-0.05, 0) is 64.8 Å². The number of amides is 2. The molecule has 0 aliphatic heterocycles. The number of benzene rings is 1. The first-order chi connectivity index (χ1) is 13.9. The molecule has 30 heavy (non-hydrogen) atoms. The van der Waals surface area contributed by atoms with Crippen molar-refractivity contribution in [3.63, 3.8) is 0 Å². The molecule has 0 atom stereocenters. The highest BCUT2D eigenvalue weighted by Crippen LogP contribution is 2.10. The summed E-state index contributed by atoms with van der Waals surface area (Å²) in [5, 5.41) is 5.54. The van der Waals surface area contributed by atoms with Crippen molar-refractivity contribution in [3.05, 3.63) is 35.4 Å². The van der Waals surface area contributed by atoms with Crippen LogP contribution in [0.25, 0.3) is 0 Å². The lowest BCUT2D eigenvalue weighted by atomic mass is 10.0. The Kier molecular flexibility index (Phi) is 9.01. The van der Waals surface area contributed by atoms with E-state index in [9.17, 15) is 19.2 Å². The van der Waals surface area contributed by atoms with Gasteiger partial charge in [0.1, 0.15) is 0 Å². The van der Waals surface area contributed by atoms with Crippen LogP contribution in [0.1, 0.15) is 75.1 Å². The predicted molar refractivity (Wildman–Crippen MR) is 112 cm³/mol. The van der Waals surface area contributed by atoms with Gasteiger partial charge in [-0.2, -0.15) is 0 Å². The summed E-state index contributed by atoms with van der Waals surface area (Å²) < 4.78 is 9.99. The number of esters is 2. The summed E-state index contributed by atoms with van der Waals surface area (Å²) in [6, 6.07) is 5.58. The second-order valence-corrected chi connectivity index (χ2v) is 8.30. The van der Waals surface area contributed by atoms with Gasteiger partial charge >= 0.3 is 11.9 Å². The molecule has 0 heterocycles. The largest absolute Gasteiger partial charge is 0.452 e. The highest BCUT2D eigenvalue weighted by Gasteiger charge is 2.20. The van der Waals surface area contributed by atoms with E-state index in [1.165, 1.54) is 24.3 Å². The monoisotopic (exact) mass is 420 g/mol. The normalized spacial score (nSPS) is 11.4. The average molecular weight is 421 g/mol. The van der Waals surface area contributed by atoms with Gasteiger partial charge in [-0.3, -0.25) is 9.59 Å². The van der Waals surface area contributed by atoms with E-state index < -0.39 is 25.2 Å². The van der Waals surface area contributed by atoms with Crippen LogP contribution in [0.2, 0.25) is 0 Å². The van der Waals surface area contributed by atoms with E-state index >= 15 is 0 Å². The van der Waals surface area contributed by atoms with Crippen molar-refractivity contribution in [1.29, 1.82) is 0 Å². The summed E-state index contributed by atoms with van der Waals surface area (Å²) in [6.07, 6.45) is 1.48. The zero-order chi connectivity index (χ0) is 22.9. The molecule has 166 valence electrons. The molecule has 1 aromatic rings. The van der Waals surface area contributed by atoms with Crippen molar-refractivity contribution >= 4 is 23.8 Å². The number of ether oxygens (including phenoxy) is 2. The Hall–Kier alpha value is -2.90. The van der Waals surface area contributed by atoms with Crippen LogP contribution in [0.4, 0.5) is 0 Å². The number of carbonyl (C=O) groups excluding carboxylic acids is 4. The molecule has 1 aromatic carbocycles. The molecule has 0 aromatic heterocycles. The summed E-state index contributed by atoms with van der Waals surface area (Å²) in [7, 11) is 0. The lowest BCUT2D eigenvalue weighted by molar-refractivity contribution is -0.126. The molecule has 0 aliphatic carbocycles. The Morgan fingerprint density at radius 2 is 1.00 bits per heavy atom. The van der Waals surface area contributed by atoms with Gasteiger partial charge in [0, 0.05) is 11.1 Å². The van der Waals surface area contributed by atoms with E-state index in [0.717, 1.165) is 12.8 Å². The maximum absolute atomic E-state index is 12.1. The van der Waals surface area contributed by atoms with Crippen LogP contribution in [0.5, 0.6) is 0 Å². The molecule has 0 spiro atoms. The first kappa shape index (κ1) is 25.1. The summed E-state index contributed by atoms with van der Waals surface area (Å²) in [5.74, 6) is -2.14. The fourth-order valence-corrected chi connectivity index (χ4v) is 2.18. The van der Waals surface area contributed by atoms with Crippen molar-refractivity contribution < 1.29 is 28.7 Å². The number of carbonyl (C=O) groups is 4. The van der Waals surface area contributed by atoms with Crippen molar-refractivity contribution in [1.82, 2.24) is 10.6 Å². The van der Waals surface area contributed by atoms with E-state index in [2.05, 4.69) is 10.6 Å². The van der Waals surface area contributed by atoms with Gasteiger partial charge in [0.15, 0.2) is 13.2 Å². The third-order valence-electron chi connectivity index (χ3n) is 4.75. The van der Waals surface area contributed by atoms with E-state index in [0.29, 0.717) is 0 Å². The molecule has 2 amide bonds. The number of nitrogens with one attached hydrogen (secondary N) is 2. The summed E-state index contributed by atoms with van der Waals surface area (Å²) >= 11 is 0. The molecule has 8 heteroatoms. The molecule has 0 fully saturated rings. The minimum Gasteiger partial charge on any atom is -0.452 e. The van der Waals surface area contributed by atoms with Crippen LogP contribution in [-0.2, 0) is 19.1 Å². The summed E-state index contributed by atoms with van der Waals surface area (Å²) in [4.78, 5) is 47.8. The average Bonchev–Trinajstić information content (AvgIpc) is 2.69. The molecule has 0 saturated heterocycles. The second-order valence-electron chi connectivity index (χ2n) is 8.30. The minimum atomic E-state index is -0.680. The SMILES string of the molecule is CCC(C)(C)NC(=O)COC(=O)c1ccc(C(=O)OCC(=O)NC(C)(C)CC)cc1. The summed E-state index contributed by atoms with van der Waals surface area (Å²) in [5.41, 5.74) is -0.378. The van der Waals surface area contributed by atoms with Gasteiger partial charge in [0.25, 0.3) is 11.8 Å². The van der Waals surface area contributed by atoms with Crippen molar-refractivity contribution in [2.24, 2.45) is 0 Å². The third-order valence-corrected chi connectivity index (χ3v) is 4.75. The molecule has 0 radical (unpaired) electrons. The molecule has 8 nitrogen and oxygen atoms in total. The highest BCUT2D eigenvalue weighted by molar-refractivity contribution is 5.95. The first-order valence-electron chi connectivity index (χ1n) is 9.95. The molecular formula is C22H32N2O6.